The summed E-state index contributed by atoms with van der Waals surface area (Å²) in [6.45, 7) is 1.54. The molecule has 0 N–H and O–H groups in total. The third-order valence-corrected chi connectivity index (χ3v) is 3.09. The van der Waals surface area contributed by atoms with Crippen molar-refractivity contribution in [2.24, 2.45) is 0 Å². The molecule has 0 saturated carbocycles. The van der Waals surface area contributed by atoms with E-state index in [2.05, 4.69) is 12.2 Å². The molecule has 0 bridgehead atoms. The highest BCUT2D eigenvalue weighted by Crippen LogP contribution is 2.30. The Bertz CT molecular complexity index is 192. The Kier molecular flexibility index (Phi) is 3.60. The molecule has 1 aliphatic carbocycles. The van der Waals surface area contributed by atoms with E-state index in [1.54, 1.807) is 0 Å². The predicted molar refractivity (Wildman–Crippen MR) is 56.1 cm³/mol. The van der Waals surface area contributed by atoms with Gasteiger partial charge in [0, 0.05) is 12.8 Å². The highest BCUT2D eigenvalue weighted by Gasteiger charge is 2.34. The maximum atomic E-state index is 5.74. The summed E-state index contributed by atoms with van der Waals surface area (Å²) >= 11 is 0. The summed E-state index contributed by atoms with van der Waals surface area (Å²) in [5.74, 6) is -0.256. The van der Waals surface area contributed by atoms with Gasteiger partial charge >= 0.3 is 0 Å². The van der Waals surface area contributed by atoms with E-state index in [-0.39, 0.29) is 5.79 Å². The summed E-state index contributed by atoms with van der Waals surface area (Å²) in [7, 11) is 0. The van der Waals surface area contributed by atoms with Crippen LogP contribution in [0.5, 0.6) is 0 Å². The van der Waals surface area contributed by atoms with Gasteiger partial charge in [-0.1, -0.05) is 25.0 Å². The molecular formula is C12H20O2. The molecule has 1 heterocycles. The van der Waals surface area contributed by atoms with Gasteiger partial charge in [0.2, 0.25) is 0 Å². The number of ether oxygens (including phenoxy) is 2. The van der Waals surface area contributed by atoms with Gasteiger partial charge in [-0.15, -0.1) is 0 Å². The number of hydrogen-bond donors (Lipinski definition) is 0. The zero-order valence-corrected chi connectivity index (χ0v) is 8.84. The van der Waals surface area contributed by atoms with E-state index in [9.17, 15) is 0 Å². The van der Waals surface area contributed by atoms with Crippen LogP contribution in [0.3, 0.4) is 0 Å². The second-order valence-corrected chi connectivity index (χ2v) is 4.24. The zero-order chi connectivity index (χ0) is 9.69. The standard InChI is InChI=1S/C12H20O2/c1-2-4-6-8-12(9-7-5-3-1)13-10-11-14-12/h4,6H,1-3,5,7-11H2/b6-4-. The van der Waals surface area contributed by atoms with E-state index in [4.69, 9.17) is 9.47 Å². The lowest BCUT2D eigenvalue weighted by atomic mass is 10.0. The van der Waals surface area contributed by atoms with E-state index in [1.807, 2.05) is 0 Å². The van der Waals surface area contributed by atoms with Crippen molar-refractivity contribution in [2.45, 2.75) is 50.7 Å². The molecule has 1 aliphatic heterocycles. The Hall–Kier alpha value is -0.340. The lowest BCUT2D eigenvalue weighted by Gasteiger charge is -2.26. The van der Waals surface area contributed by atoms with Crippen LogP contribution in [0.2, 0.25) is 0 Å². The molecule has 2 heteroatoms. The molecule has 0 unspecified atom stereocenters. The lowest BCUT2D eigenvalue weighted by molar-refractivity contribution is -0.160. The minimum atomic E-state index is -0.256. The Balaban J connectivity index is 1.95. The van der Waals surface area contributed by atoms with Crippen LogP contribution < -0.4 is 0 Å². The van der Waals surface area contributed by atoms with Crippen molar-refractivity contribution in [3.8, 4) is 0 Å². The Morgan fingerprint density at radius 3 is 2.50 bits per heavy atom. The van der Waals surface area contributed by atoms with Gasteiger partial charge in [0.1, 0.15) is 0 Å². The minimum absolute atomic E-state index is 0.256. The molecular weight excluding hydrogens is 176 g/mol. The highest BCUT2D eigenvalue weighted by molar-refractivity contribution is 4.90. The van der Waals surface area contributed by atoms with E-state index in [0.29, 0.717) is 0 Å². The Morgan fingerprint density at radius 2 is 1.64 bits per heavy atom. The summed E-state index contributed by atoms with van der Waals surface area (Å²) in [5.41, 5.74) is 0. The van der Waals surface area contributed by atoms with Crippen LogP contribution in [0.15, 0.2) is 12.2 Å². The van der Waals surface area contributed by atoms with Gasteiger partial charge in [0.05, 0.1) is 13.2 Å². The molecule has 14 heavy (non-hydrogen) atoms. The van der Waals surface area contributed by atoms with Gasteiger partial charge in [0.15, 0.2) is 5.79 Å². The van der Waals surface area contributed by atoms with Crippen molar-refractivity contribution in [3.05, 3.63) is 12.2 Å². The number of allylic oxidation sites excluding steroid dienone is 1. The number of rotatable bonds is 0. The SMILES string of the molecule is C1=C\CC2(CCCCCC/1)OCCO2. The van der Waals surface area contributed by atoms with Crippen molar-refractivity contribution in [1.29, 1.82) is 0 Å². The average molecular weight is 196 g/mol. The van der Waals surface area contributed by atoms with Crippen molar-refractivity contribution in [3.63, 3.8) is 0 Å². The second kappa shape index (κ2) is 4.94. The smallest absolute Gasteiger partial charge is 0.171 e. The van der Waals surface area contributed by atoms with Crippen molar-refractivity contribution >= 4 is 0 Å². The molecule has 80 valence electrons. The third-order valence-electron chi connectivity index (χ3n) is 3.09. The first-order valence-corrected chi connectivity index (χ1v) is 5.84. The zero-order valence-electron chi connectivity index (χ0n) is 8.84. The van der Waals surface area contributed by atoms with Crippen molar-refractivity contribution in [1.82, 2.24) is 0 Å². The molecule has 0 atom stereocenters. The van der Waals surface area contributed by atoms with Gasteiger partial charge in [-0.2, -0.15) is 0 Å². The van der Waals surface area contributed by atoms with Crippen LogP contribution in [0.25, 0.3) is 0 Å². The third kappa shape index (κ3) is 2.58. The summed E-state index contributed by atoms with van der Waals surface area (Å²) < 4.78 is 11.5. The summed E-state index contributed by atoms with van der Waals surface area (Å²) in [5, 5.41) is 0. The molecule has 1 spiro atoms. The molecule has 2 nitrogen and oxygen atoms in total. The summed E-state index contributed by atoms with van der Waals surface area (Å²) in [6, 6.07) is 0. The van der Waals surface area contributed by atoms with E-state index < -0.39 is 0 Å². The molecule has 0 amide bonds. The van der Waals surface area contributed by atoms with Gasteiger partial charge in [-0.25, -0.2) is 0 Å². The van der Waals surface area contributed by atoms with Gasteiger partial charge < -0.3 is 9.47 Å². The maximum absolute atomic E-state index is 5.74. The van der Waals surface area contributed by atoms with Gasteiger partial charge in [-0.3, -0.25) is 0 Å². The van der Waals surface area contributed by atoms with Crippen LogP contribution in [0, 0.1) is 0 Å². The first-order chi connectivity index (χ1) is 6.91. The molecule has 0 aromatic rings. The highest BCUT2D eigenvalue weighted by atomic mass is 16.7. The molecule has 2 aliphatic rings. The molecule has 0 aromatic heterocycles. The van der Waals surface area contributed by atoms with Crippen LogP contribution in [0.1, 0.15) is 44.9 Å². The predicted octanol–water partition coefficient (Wildman–Crippen LogP) is 3.03. The number of hydrogen-bond acceptors (Lipinski definition) is 2. The maximum Gasteiger partial charge on any atom is 0.171 e. The van der Waals surface area contributed by atoms with Crippen LogP contribution >= 0.6 is 0 Å². The Labute approximate surface area is 86.3 Å². The largest absolute Gasteiger partial charge is 0.347 e. The lowest BCUT2D eigenvalue weighted by Crippen LogP contribution is -2.29. The van der Waals surface area contributed by atoms with Crippen LogP contribution in [0.4, 0.5) is 0 Å². The molecule has 0 aromatic carbocycles. The van der Waals surface area contributed by atoms with Crippen molar-refractivity contribution in [2.75, 3.05) is 13.2 Å². The first kappa shape index (κ1) is 10.2. The van der Waals surface area contributed by atoms with Gasteiger partial charge in [-0.05, 0) is 19.3 Å². The van der Waals surface area contributed by atoms with E-state index >= 15 is 0 Å². The minimum Gasteiger partial charge on any atom is -0.347 e. The fourth-order valence-electron chi connectivity index (χ4n) is 2.25. The first-order valence-electron chi connectivity index (χ1n) is 5.84. The topological polar surface area (TPSA) is 18.5 Å². The summed E-state index contributed by atoms with van der Waals surface area (Å²) in [4.78, 5) is 0. The monoisotopic (exact) mass is 196 g/mol. The fourth-order valence-corrected chi connectivity index (χ4v) is 2.25. The van der Waals surface area contributed by atoms with Crippen molar-refractivity contribution < 1.29 is 9.47 Å². The Morgan fingerprint density at radius 1 is 0.857 bits per heavy atom. The summed E-state index contributed by atoms with van der Waals surface area (Å²) in [6.07, 6.45) is 13.0. The second-order valence-electron chi connectivity index (χ2n) is 4.24. The fraction of sp³-hybridized carbons (Fsp3) is 0.833. The van der Waals surface area contributed by atoms with Crippen LogP contribution in [-0.4, -0.2) is 19.0 Å². The van der Waals surface area contributed by atoms with E-state index in [1.165, 1.54) is 32.1 Å². The average Bonchev–Trinajstić information content (AvgIpc) is 2.66. The quantitative estimate of drug-likeness (QED) is 0.554. The molecule has 2 rings (SSSR count). The normalized spacial score (nSPS) is 30.3. The molecule has 0 radical (unpaired) electrons. The molecule has 1 saturated heterocycles. The van der Waals surface area contributed by atoms with Crippen LogP contribution in [-0.2, 0) is 9.47 Å². The van der Waals surface area contributed by atoms with E-state index in [0.717, 1.165) is 26.1 Å². The molecule has 1 fully saturated rings. The van der Waals surface area contributed by atoms with Gasteiger partial charge in [0.25, 0.3) is 0 Å².